The van der Waals surface area contributed by atoms with E-state index in [9.17, 15) is 19.0 Å². The van der Waals surface area contributed by atoms with E-state index in [2.05, 4.69) is 0 Å². The third-order valence-corrected chi connectivity index (χ3v) is 6.05. The van der Waals surface area contributed by atoms with Crippen LogP contribution in [0.5, 0.6) is 0 Å². The predicted molar refractivity (Wildman–Crippen MR) is 84.3 cm³/mol. The molecule has 0 aliphatic carbocycles. The van der Waals surface area contributed by atoms with Gasteiger partial charge in [0.1, 0.15) is 0 Å². The van der Waals surface area contributed by atoms with Gasteiger partial charge in [0.05, 0.1) is 0 Å². The van der Waals surface area contributed by atoms with Crippen LogP contribution in [0.2, 0.25) is 0 Å². The molecule has 23 heavy (non-hydrogen) atoms. The molecule has 3 rings (SSSR count). The van der Waals surface area contributed by atoms with Gasteiger partial charge in [0.25, 0.3) is 0 Å². The molecule has 1 heterocycles. The zero-order valence-corrected chi connectivity index (χ0v) is 13.7. The van der Waals surface area contributed by atoms with Crippen molar-refractivity contribution in [2.24, 2.45) is 0 Å². The molecule has 0 saturated carbocycles. The summed E-state index contributed by atoms with van der Waals surface area (Å²) in [7, 11) is 0. The van der Waals surface area contributed by atoms with Gasteiger partial charge in [-0.1, -0.05) is 0 Å². The molecular formula is C18H14F2O2Se. The van der Waals surface area contributed by atoms with Crippen LogP contribution in [0.4, 0.5) is 8.78 Å². The Labute approximate surface area is 138 Å². The summed E-state index contributed by atoms with van der Waals surface area (Å²) in [6.07, 6.45) is -1.63. The molecule has 2 atom stereocenters. The molecule has 0 spiro atoms. The topological polar surface area (TPSA) is 40.5 Å². The first-order valence-electron chi connectivity index (χ1n) is 7.01. The van der Waals surface area contributed by atoms with Crippen molar-refractivity contribution in [2.75, 3.05) is 0 Å². The SMILES string of the molecule is OC(c1ccc(F)cc1)c1ccc(C(O)c2ccc(F)cc2)[se]1. The fourth-order valence-electron chi connectivity index (χ4n) is 2.28. The molecule has 3 aromatic rings. The van der Waals surface area contributed by atoms with Crippen molar-refractivity contribution in [3.05, 3.63) is 92.3 Å². The van der Waals surface area contributed by atoms with Gasteiger partial charge in [0.2, 0.25) is 0 Å². The molecule has 0 radical (unpaired) electrons. The van der Waals surface area contributed by atoms with E-state index in [0.29, 0.717) is 11.1 Å². The summed E-state index contributed by atoms with van der Waals surface area (Å²) >= 11 is -0.221. The second-order valence-electron chi connectivity index (χ2n) is 5.15. The summed E-state index contributed by atoms with van der Waals surface area (Å²) in [5.74, 6) is -0.699. The monoisotopic (exact) mass is 380 g/mol. The maximum atomic E-state index is 12.9. The molecule has 2 nitrogen and oxygen atoms in total. The number of aliphatic hydroxyl groups excluding tert-OH is 2. The van der Waals surface area contributed by atoms with E-state index < -0.39 is 12.2 Å². The minimum atomic E-state index is -0.815. The van der Waals surface area contributed by atoms with Gasteiger partial charge in [-0.25, -0.2) is 0 Å². The molecule has 5 heteroatoms. The molecule has 118 valence electrons. The van der Waals surface area contributed by atoms with E-state index in [0.717, 1.165) is 8.87 Å². The van der Waals surface area contributed by atoms with Crippen molar-refractivity contribution in [1.82, 2.24) is 0 Å². The maximum absolute atomic E-state index is 12.9. The second kappa shape index (κ2) is 6.77. The molecule has 2 unspecified atom stereocenters. The second-order valence-corrected chi connectivity index (χ2v) is 7.55. The molecule has 2 N–H and O–H groups in total. The summed E-state index contributed by atoms with van der Waals surface area (Å²) in [5, 5.41) is 20.8. The molecular weight excluding hydrogens is 365 g/mol. The van der Waals surface area contributed by atoms with E-state index in [1.54, 1.807) is 36.4 Å². The first kappa shape index (κ1) is 16.1. The summed E-state index contributed by atoms with van der Waals surface area (Å²) in [4.78, 5) is 0. The minimum absolute atomic E-state index is 0.221. The zero-order chi connectivity index (χ0) is 16.4. The Morgan fingerprint density at radius 3 is 1.30 bits per heavy atom. The van der Waals surface area contributed by atoms with Crippen molar-refractivity contribution >= 4 is 14.5 Å². The van der Waals surface area contributed by atoms with Crippen LogP contribution >= 0.6 is 0 Å². The van der Waals surface area contributed by atoms with Crippen LogP contribution in [0.3, 0.4) is 0 Å². The predicted octanol–water partition coefficient (Wildman–Crippen LogP) is 3.19. The molecule has 0 fully saturated rings. The third kappa shape index (κ3) is 3.59. The zero-order valence-electron chi connectivity index (χ0n) is 12.0. The van der Waals surface area contributed by atoms with Crippen LogP contribution in [0.15, 0.2) is 60.7 Å². The molecule has 0 aliphatic rings. The van der Waals surface area contributed by atoms with Gasteiger partial charge < -0.3 is 0 Å². The Hall–Kier alpha value is -1.78. The fourth-order valence-corrected chi connectivity index (χ4v) is 4.46. The fraction of sp³-hybridized carbons (Fsp3) is 0.111. The molecule has 0 aliphatic heterocycles. The van der Waals surface area contributed by atoms with Crippen molar-refractivity contribution in [1.29, 1.82) is 0 Å². The number of aliphatic hydroxyl groups is 2. The van der Waals surface area contributed by atoms with Gasteiger partial charge in [-0.2, -0.15) is 0 Å². The summed E-state index contributed by atoms with van der Waals surface area (Å²) in [5.41, 5.74) is 1.23. The number of halogens is 2. The van der Waals surface area contributed by atoms with Crippen LogP contribution in [-0.2, 0) is 0 Å². The normalized spacial score (nSPS) is 13.7. The van der Waals surface area contributed by atoms with Crippen LogP contribution in [-0.4, -0.2) is 24.7 Å². The van der Waals surface area contributed by atoms with Crippen molar-refractivity contribution in [3.63, 3.8) is 0 Å². The van der Waals surface area contributed by atoms with Crippen molar-refractivity contribution in [2.45, 2.75) is 12.2 Å². The van der Waals surface area contributed by atoms with Gasteiger partial charge >= 0.3 is 138 Å². The van der Waals surface area contributed by atoms with E-state index in [-0.39, 0.29) is 26.1 Å². The molecule has 2 aromatic carbocycles. The summed E-state index contributed by atoms with van der Waals surface area (Å²) in [6.45, 7) is 0. The summed E-state index contributed by atoms with van der Waals surface area (Å²) < 4.78 is 27.5. The average molecular weight is 379 g/mol. The van der Waals surface area contributed by atoms with Crippen LogP contribution in [0, 0.1) is 11.6 Å². The third-order valence-electron chi connectivity index (χ3n) is 3.56. The summed E-state index contributed by atoms with van der Waals surface area (Å²) in [6, 6.07) is 15.0. The van der Waals surface area contributed by atoms with E-state index >= 15 is 0 Å². The van der Waals surface area contributed by atoms with Gasteiger partial charge in [0, 0.05) is 0 Å². The Morgan fingerprint density at radius 1 is 0.609 bits per heavy atom. The van der Waals surface area contributed by atoms with Gasteiger partial charge in [-0.3, -0.25) is 0 Å². The Bertz CT molecular complexity index is 716. The molecule has 0 bridgehead atoms. The Balaban J connectivity index is 1.82. The van der Waals surface area contributed by atoms with Gasteiger partial charge in [0.15, 0.2) is 0 Å². The quantitative estimate of drug-likeness (QED) is 0.684. The van der Waals surface area contributed by atoms with E-state index in [1.807, 2.05) is 0 Å². The Kier molecular flexibility index (Phi) is 4.73. The van der Waals surface area contributed by atoms with Crippen molar-refractivity contribution < 1.29 is 19.0 Å². The van der Waals surface area contributed by atoms with Crippen LogP contribution in [0.25, 0.3) is 0 Å². The molecule has 1 aromatic heterocycles. The molecule has 0 saturated heterocycles. The van der Waals surface area contributed by atoms with Crippen LogP contribution in [0.1, 0.15) is 32.2 Å². The number of hydrogen-bond donors (Lipinski definition) is 2. The number of rotatable bonds is 4. The number of benzene rings is 2. The van der Waals surface area contributed by atoms with Crippen LogP contribution < -0.4 is 0 Å². The standard InChI is InChI=1S/C18H14F2O2Se/c19-13-5-1-11(2-6-13)17(21)15-9-10-16(23-15)18(22)12-3-7-14(20)8-4-12/h1-10,17-18,21-22H. The van der Waals surface area contributed by atoms with E-state index in [1.165, 1.54) is 24.3 Å². The average Bonchev–Trinajstić information content (AvgIpc) is 3.05. The first-order valence-corrected chi connectivity index (χ1v) is 8.72. The van der Waals surface area contributed by atoms with E-state index in [4.69, 9.17) is 0 Å². The van der Waals surface area contributed by atoms with Gasteiger partial charge in [-0.15, -0.1) is 0 Å². The van der Waals surface area contributed by atoms with Crippen molar-refractivity contribution in [3.8, 4) is 0 Å². The Morgan fingerprint density at radius 2 is 0.957 bits per heavy atom. The van der Waals surface area contributed by atoms with Gasteiger partial charge in [-0.05, 0) is 0 Å². The number of hydrogen-bond acceptors (Lipinski definition) is 2. The first-order chi connectivity index (χ1) is 11.0. The molecule has 0 amide bonds.